The van der Waals surface area contributed by atoms with Gasteiger partial charge in [-0.25, -0.2) is 8.78 Å². The van der Waals surface area contributed by atoms with E-state index >= 15 is 0 Å². The monoisotopic (exact) mass is 297 g/mol. The highest BCUT2D eigenvalue weighted by molar-refractivity contribution is 9.10. The summed E-state index contributed by atoms with van der Waals surface area (Å²) in [5.41, 5.74) is 0.0546. The van der Waals surface area contributed by atoms with Crippen LogP contribution in [0, 0.1) is 11.6 Å². The lowest BCUT2D eigenvalue weighted by molar-refractivity contribution is 0.532. The predicted molar refractivity (Wildman–Crippen MR) is 61.1 cm³/mol. The van der Waals surface area contributed by atoms with Crippen molar-refractivity contribution < 1.29 is 8.78 Å². The molecule has 0 aromatic heterocycles. The molecule has 0 saturated heterocycles. The number of hydrogen-bond acceptors (Lipinski definition) is 1. The molecule has 1 aromatic rings. The molecule has 0 radical (unpaired) electrons. The maximum Gasteiger partial charge on any atom is 0.144 e. The van der Waals surface area contributed by atoms with Gasteiger partial charge in [0.2, 0.25) is 0 Å². The van der Waals surface area contributed by atoms with E-state index in [9.17, 15) is 8.78 Å². The molecule has 84 valence electrons. The Morgan fingerprint density at radius 1 is 1.33 bits per heavy atom. The van der Waals surface area contributed by atoms with Crippen molar-refractivity contribution in [3.8, 4) is 0 Å². The van der Waals surface area contributed by atoms with Crippen molar-refractivity contribution in [3.63, 3.8) is 0 Å². The van der Waals surface area contributed by atoms with Crippen LogP contribution in [0.4, 0.5) is 8.78 Å². The SMILES string of the molecule is Fc1ccc(Br)c(F)c1CNCCCCl. The van der Waals surface area contributed by atoms with Gasteiger partial charge in [0, 0.05) is 18.0 Å². The molecule has 0 fully saturated rings. The third-order valence-corrected chi connectivity index (χ3v) is 2.81. The Bertz CT molecular complexity index is 333. The molecule has 1 nitrogen and oxygen atoms in total. The fraction of sp³-hybridized carbons (Fsp3) is 0.400. The van der Waals surface area contributed by atoms with Crippen molar-refractivity contribution in [1.82, 2.24) is 5.32 Å². The van der Waals surface area contributed by atoms with E-state index in [1.54, 1.807) is 0 Å². The van der Waals surface area contributed by atoms with Crippen molar-refractivity contribution in [1.29, 1.82) is 0 Å². The standard InChI is InChI=1S/C10H11BrClF2N/c11-8-2-3-9(13)7(10(8)14)6-15-5-1-4-12/h2-3,15H,1,4-6H2. The first-order valence-corrected chi connectivity index (χ1v) is 5.88. The smallest absolute Gasteiger partial charge is 0.144 e. The number of benzene rings is 1. The average Bonchev–Trinajstić information content (AvgIpc) is 2.23. The first-order chi connectivity index (χ1) is 7.16. The molecule has 15 heavy (non-hydrogen) atoms. The number of hydrogen-bond donors (Lipinski definition) is 1. The molecule has 1 aromatic carbocycles. The largest absolute Gasteiger partial charge is 0.312 e. The third kappa shape index (κ3) is 3.70. The van der Waals surface area contributed by atoms with Crippen molar-refractivity contribution in [2.24, 2.45) is 0 Å². The summed E-state index contributed by atoms with van der Waals surface area (Å²) in [6, 6.07) is 2.60. The molecule has 0 bridgehead atoms. The molecule has 1 N–H and O–H groups in total. The van der Waals surface area contributed by atoms with Crippen molar-refractivity contribution in [2.45, 2.75) is 13.0 Å². The Morgan fingerprint density at radius 3 is 2.73 bits per heavy atom. The van der Waals surface area contributed by atoms with Crippen LogP contribution in [0.25, 0.3) is 0 Å². The summed E-state index contributed by atoms with van der Waals surface area (Å²) in [5, 5.41) is 2.93. The maximum atomic E-state index is 13.4. The zero-order chi connectivity index (χ0) is 11.3. The summed E-state index contributed by atoms with van der Waals surface area (Å²) < 4.78 is 26.9. The first kappa shape index (κ1) is 12.9. The zero-order valence-electron chi connectivity index (χ0n) is 7.99. The van der Waals surface area contributed by atoms with Crippen molar-refractivity contribution in [3.05, 3.63) is 33.8 Å². The maximum absolute atomic E-state index is 13.4. The van der Waals surface area contributed by atoms with Crippen LogP contribution in [-0.4, -0.2) is 12.4 Å². The average molecular weight is 299 g/mol. The second-order valence-electron chi connectivity index (χ2n) is 3.04. The molecule has 0 aliphatic heterocycles. The van der Waals surface area contributed by atoms with E-state index < -0.39 is 11.6 Å². The molecule has 0 spiro atoms. The summed E-state index contributed by atoms with van der Waals surface area (Å²) in [6.07, 6.45) is 0.777. The van der Waals surface area contributed by atoms with E-state index in [2.05, 4.69) is 21.2 Å². The molecule has 0 amide bonds. The van der Waals surface area contributed by atoms with E-state index in [0.717, 1.165) is 6.42 Å². The summed E-state index contributed by atoms with van der Waals surface area (Å²) in [7, 11) is 0. The van der Waals surface area contributed by atoms with Gasteiger partial charge in [-0.1, -0.05) is 0 Å². The number of nitrogens with one attached hydrogen (secondary N) is 1. The van der Waals surface area contributed by atoms with E-state index in [-0.39, 0.29) is 16.6 Å². The van der Waals surface area contributed by atoms with Crippen LogP contribution in [0.3, 0.4) is 0 Å². The molecule has 0 aliphatic rings. The van der Waals surface area contributed by atoms with Crippen LogP contribution in [0.15, 0.2) is 16.6 Å². The van der Waals surface area contributed by atoms with Gasteiger partial charge in [-0.3, -0.25) is 0 Å². The minimum Gasteiger partial charge on any atom is -0.312 e. The molecule has 0 aliphatic carbocycles. The second kappa shape index (κ2) is 6.40. The number of rotatable bonds is 5. The normalized spacial score (nSPS) is 10.7. The van der Waals surface area contributed by atoms with Gasteiger partial charge in [0.05, 0.1) is 4.47 Å². The van der Waals surface area contributed by atoms with E-state index in [1.807, 2.05) is 0 Å². The molecular weight excluding hydrogens is 287 g/mol. The van der Waals surface area contributed by atoms with E-state index in [4.69, 9.17) is 11.6 Å². The van der Waals surface area contributed by atoms with Crippen molar-refractivity contribution in [2.75, 3.05) is 12.4 Å². The van der Waals surface area contributed by atoms with Crippen molar-refractivity contribution >= 4 is 27.5 Å². The molecular formula is C10H11BrClF2N. The van der Waals surface area contributed by atoms with Gasteiger partial charge in [0.15, 0.2) is 0 Å². The van der Waals surface area contributed by atoms with Gasteiger partial charge >= 0.3 is 0 Å². The summed E-state index contributed by atoms with van der Waals surface area (Å²) in [6.45, 7) is 0.822. The quantitative estimate of drug-likeness (QED) is 0.499. The Kier molecular flexibility index (Phi) is 5.50. The molecule has 5 heteroatoms. The topological polar surface area (TPSA) is 12.0 Å². The van der Waals surface area contributed by atoms with Gasteiger partial charge < -0.3 is 5.32 Å². The van der Waals surface area contributed by atoms with Gasteiger partial charge in [-0.05, 0) is 41.0 Å². The molecule has 0 atom stereocenters. The number of alkyl halides is 1. The molecule has 0 unspecified atom stereocenters. The highest BCUT2D eigenvalue weighted by Gasteiger charge is 2.11. The summed E-state index contributed by atoms with van der Waals surface area (Å²) in [5.74, 6) is -0.543. The predicted octanol–water partition coefficient (Wildman–Crippen LogP) is 3.45. The van der Waals surface area contributed by atoms with E-state index in [0.29, 0.717) is 12.4 Å². The fourth-order valence-corrected chi connectivity index (χ4v) is 1.64. The van der Waals surface area contributed by atoms with Crippen LogP contribution < -0.4 is 5.32 Å². The number of halogens is 4. The van der Waals surface area contributed by atoms with Crippen LogP contribution >= 0.6 is 27.5 Å². The van der Waals surface area contributed by atoms with Crippen LogP contribution in [0.1, 0.15) is 12.0 Å². The molecule has 0 saturated carbocycles. The van der Waals surface area contributed by atoms with Crippen LogP contribution in [-0.2, 0) is 6.54 Å². The van der Waals surface area contributed by atoms with Gasteiger partial charge in [0.1, 0.15) is 11.6 Å². The molecule has 1 rings (SSSR count). The zero-order valence-corrected chi connectivity index (χ0v) is 10.3. The fourth-order valence-electron chi connectivity index (χ4n) is 1.14. The minimum atomic E-state index is -0.548. The Labute approximate surface area is 101 Å². The minimum absolute atomic E-state index is 0.0546. The second-order valence-corrected chi connectivity index (χ2v) is 4.27. The lowest BCUT2D eigenvalue weighted by Crippen LogP contribution is -2.17. The highest BCUT2D eigenvalue weighted by Crippen LogP contribution is 2.21. The van der Waals surface area contributed by atoms with Crippen LogP contribution in [0.5, 0.6) is 0 Å². The third-order valence-electron chi connectivity index (χ3n) is 1.93. The Balaban J connectivity index is 2.63. The van der Waals surface area contributed by atoms with Crippen LogP contribution in [0.2, 0.25) is 0 Å². The first-order valence-electron chi connectivity index (χ1n) is 4.56. The molecule has 0 heterocycles. The van der Waals surface area contributed by atoms with E-state index in [1.165, 1.54) is 12.1 Å². The Morgan fingerprint density at radius 2 is 2.07 bits per heavy atom. The highest BCUT2D eigenvalue weighted by atomic mass is 79.9. The van der Waals surface area contributed by atoms with Gasteiger partial charge in [-0.2, -0.15) is 0 Å². The lowest BCUT2D eigenvalue weighted by Gasteiger charge is -2.07. The lowest BCUT2D eigenvalue weighted by atomic mass is 10.2. The summed E-state index contributed by atoms with van der Waals surface area (Å²) >= 11 is 8.49. The summed E-state index contributed by atoms with van der Waals surface area (Å²) in [4.78, 5) is 0. The van der Waals surface area contributed by atoms with Gasteiger partial charge in [0.25, 0.3) is 0 Å². The Hall–Kier alpha value is -0.190. The van der Waals surface area contributed by atoms with Gasteiger partial charge in [-0.15, -0.1) is 11.6 Å².